The molecule has 2 aromatic rings. The number of pyridine rings is 1. The number of fused-ring (bicyclic) bond motifs is 1. The second-order valence-corrected chi connectivity index (χ2v) is 6.11. The first-order chi connectivity index (χ1) is 10.3. The Morgan fingerprint density at radius 2 is 2.14 bits per heavy atom. The fourth-order valence-corrected chi connectivity index (χ4v) is 3.40. The van der Waals surface area contributed by atoms with Gasteiger partial charge in [-0.05, 0) is 42.7 Å². The summed E-state index contributed by atoms with van der Waals surface area (Å²) in [7, 11) is 0. The van der Waals surface area contributed by atoms with Crippen LogP contribution in [0.5, 0.6) is 0 Å². The van der Waals surface area contributed by atoms with Gasteiger partial charge in [0, 0.05) is 11.6 Å². The van der Waals surface area contributed by atoms with Gasteiger partial charge in [0.1, 0.15) is 11.1 Å². The standard InChI is InChI=1S/C16H15N3OS/c17-9-13-6-8-21-16(13)18-15(20)11-19-7-5-12-3-1-2-4-14(12)10-19/h5-8,10H,1-4,11H2/p+1. The van der Waals surface area contributed by atoms with Crippen molar-refractivity contribution in [3.63, 3.8) is 0 Å². The second kappa shape index (κ2) is 6.06. The Morgan fingerprint density at radius 1 is 1.33 bits per heavy atom. The normalized spacial score (nSPS) is 13.3. The Kier molecular flexibility index (Phi) is 3.98. The summed E-state index contributed by atoms with van der Waals surface area (Å²) in [5, 5.41) is 14.2. The number of anilines is 1. The van der Waals surface area contributed by atoms with Gasteiger partial charge in [0.25, 0.3) is 5.91 Å². The number of nitrogens with one attached hydrogen (secondary N) is 1. The lowest BCUT2D eigenvalue weighted by atomic mass is 9.93. The molecule has 2 aromatic heterocycles. The summed E-state index contributed by atoms with van der Waals surface area (Å²) >= 11 is 1.37. The molecular weight excluding hydrogens is 282 g/mol. The first kappa shape index (κ1) is 13.8. The van der Waals surface area contributed by atoms with Crippen molar-refractivity contribution >= 4 is 22.2 Å². The van der Waals surface area contributed by atoms with E-state index in [0.717, 1.165) is 12.8 Å². The van der Waals surface area contributed by atoms with Crippen molar-refractivity contribution in [1.29, 1.82) is 5.26 Å². The number of nitriles is 1. The minimum Gasteiger partial charge on any atom is -0.311 e. The maximum Gasteiger partial charge on any atom is 0.290 e. The molecular formula is C16H16N3OS+. The summed E-state index contributed by atoms with van der Waals surface area (Å²) in [5.41, 5.74) is 3.28. The second-order valence-electron chi connectivity index (χ2n) is 5.20. The van der Waals surface area contributed by atoms with Gasteiger partial charge in [-0.15, -0.1) is 11.3 Å². The zero-order chi connectivity index (χ0) is 14.7. The van der Waals surface area contributed by atoms with Gasteiger partial charge < -0.3 is 5.32 Å². The maximum atomic E-state index is 12.1. The van der Waals surface area contributed by atoms with E-state index in [1.54, 1.807) is 11.4 Å². The van der Waals surface area contributed by atoms with Crippen LogP contribution in [0.25, 0.3) is 0 Å². The van der Waals surface area contributed by atoms with Gasteiger partial charge in [-0.3, -0.25) is 4.79 Å². The monoisotopic (exact) mass is 298 g/mol. The van der Waals surface area contributed by atoms with Crippen molar-refractivity contribution in [3.05, 3.63) is 46.6 Å². The molecule has 0 aliphatic heterocycles. The third-order valence-corrected chi connectivity index (χ3v) is 4.54. The molecule has 0 aromatic carbocycles. The molecule has 1 aliphatic carbocycles. The van der Waals surface area contributed by atoms with E-state index in [2.05, 4.69) is 23.6 Å². The van der Waals surface area contributed by atoms with Crippen molar-refractivity contribution < 1.29 is 9.36 Å². The average Bonchev–Trinajstić information content (AvgIpc) is 2.94. The SMILES string of the molecule is N#Cc1ccsc1NC(=O)C[n+]1ccc2c(c1)CCCC2. The minimum atomic E-state index is -0.102. The summed E-state index contributed by atoms with van der Waals surface area (Å²) in [5.74, 6) is -0.102. The number of amides is 1. The molecule has 3 rings (SSSR count). The predicted molar refractivity (Wildman–Crippen MR) is 80.9 cm³/mol. The highest BCUT2D eigenvalue weighted by Crippen LogP contribution is 2.22. The van der Waals surface area contributed by atoms with Crippen LogP contribution in [0.1, 0.15) is 29.5 Å². The van der Waals surface area contributed by atoms with Crippen LogP contribution < -0.4 is 9.88 Å². The van der Waals surface area contributed by atoms with Crippen LogP contribution in [0.4, 0.5) is 5.00 Å². The number of hydrogen-bond donors (Lipinski definition) is 1. The van der Waals surface area contributed by atoms with Crippen molar-refractivity contribution in [2.75, 3.05) is 5.32 Å². The molecule has 0 saturated carbocycles. The Hall–Kier alpha value is -2.19. The van der Waals surface area contributed by atoms with Crippen molar-refractivity contribution in [3.8, 4) is 6.07 Å². The number of carbonyl (C=O) groups is 1. The molecule has 0 radical (unpaired) electrons. The smallest absolute Gasteiger partial charge is 0.290 e. The molecule has 2 heterocycles. The van der Waals surface area contributed by atoms with E-state index >= 15 is 0 Å². The highest BCUT2D eigenvalue weighted by atomic mass is 32.1. The molecule has 0 saturated heterocycles. The fourth-order valence-electron chi connectivity index (χ4n) is 2.64. The summed E-state index contributed by atoms with van der Waals surface area (Å²) in [6.45, 7) is 0.274. The molecule has 0 bridgehead atoms. The van der Waals surface area contributed by atoms with Crippen LogP contribution in [0.2, 0.25) is 0 Å². The summed E-state index contributed by atoms with van der Waals surface area (Å²) in [6.07, 6.45) is 8.76. The van der Waals surface area contributed by atoms with Crippen molar-refractivity contribution in [2.45, 2.75) is 32.2 Å². The average molecular weight is 298 g/mol. The van der Waals surface area contributed by atoms with E-state index in [-0.39, 0.29) is 12.5 Å². The molecule has 21 heavy (non-hydrogen) atoms. The molecule has 0 spiro atoms. The van der Waals surface area contributed by atoms with Gasteiger partial charge in [0.15, 0.2) is 12.4 Å². The maximum absolute atomic E-state index is 12.1. The van der Waals surface area contributed by atoms with E-state index in [0.29, 0.717) is 10.6 Å². The zero-order valence-corrected chi connectivity index (χ0v) is 12.4. The van der Waals surface area contributed by atoms with Crippen molar-refractivity contribution in [1.82, 2.24) is 0 Å². The van der Waals surface area contributed by atoms with Crippen molar-refractivity contribution in [2.24, 2.45) is 0 Å². The molecule has 106 valence electrons. The topological polar surface area (TPSA) is 56.8 Å². The summed E-state index contributed by atoms with van der Waals surface area (Å²) < 4.78 is 1.92. The predicted octanol–water partition coefficient (Wildman–Crippen LogP) is 2.42. The zero-order valence-electron chi connectivity index (χ0n) is 11.6. The van der Waals surface area contributed by atoms with Crippen LogP contribution in [-0.2, 0) is 24.2 Å². The number of rotatable bonds is 3. The van der Waals surface area contributed by atoms with Gasteiger partial charge in [-0.2, -0.15) is 9.83 Å². The van der Waals surface area contributed by atoms with E-state index in [9.17, 15) is 4.79 Å². The first-order valence-corrected chi connectivity index (χ1v) is 7.92. The number of nitrogens with zero attached hydrogens (tertiary/aromatic N) is 2. The molecule has 5 heteroatoms. The van der Waals surface area contributed by atoms with Gasteiger partial charge >= 0.3 is 0 Å². The molecule has 1 aliphatic rings. The molecule has 1 N–H and O–H groups in total. The minimum absolute atomic E-state index is 0.102. The number of aromatic nitrogens is 1. The lowest BCUT2D eigenvalue weighted by Gasteiger charge is -2.13. The lowest BCUT2D eigenvalue weighted by molar-refractivity contribution is -0.684. The highest BCUT2D eigenvalue weighted by molar-refractivity contribution is 7.14. The highest BCUT2D eigenvalue weighted by Gasteiger charge is 2.16. The number of hydrogen-bond acceptors (Lipinski definition) is 3. The molecule has 0 atom stereocenters. The Balaban J connectivity index is 1.69. The quantitative estimate of drug-likeness (QED) is 0.885. The van der Waals surface area contributed by atoms with Gasteiger partial charge in [0.05, 0.1) is 5.56 Å². The molecule has 0 fully saturated rings. The largest absolute Gasteiger partial charge is 0.311 e. The molecule has 1 amide bonds. The van der Waals surface area contributed by atoms with Gasteiger partial charge in [-0.1, -0.05) is 0 Å². The van der Waals surface area contributed by atoms with E-state index in [1.807, 2.05) is 10.8 Å². The lowest BCUT2D eigenvalue weighted by Crippen LogP contribution is -2.40. The van der Waals surface area contributed by atoms with Gasteiger partial charge in [0.2, 0.25) is 6.54 Å². The number of carbonyl (C=O) groups excluding carboxylic acids is 1. The third-order valence-electron chi connectivity index (χ3n) is 3.71. The van der Waals surface area contributed by atoms with E-state index in [4.69, 9.17) is 5.26 Å². The third kappa shape index (κ3) is 3.11. The van der Waals surface area contributed by atoms with E-state index < -0.39 is 0 Å². The van der Waals surface area contributed by atoms with Crippen LogP contribution in [-0.4, -0.2) is 5.91 Å². The fraction of sp³-hybridized carbons (Fsp3) is 0.312. The summed E-state index contributed by atoms with van der Waals surface area (Å²) in [4.78, 5) is 12.1. The number of aryl methyl sites for hydroxylation is 2. The van der Waals surface area contributed by atoms with Crippen LogP contribution >= 0.6 is 11.3 Å². The Morgan fingerprint density at radius 3 is 2.95 bits per heavy atom. The van der Waals surface area contributed by atoms with Gasteiger partial charge in [-0.25, -0.2) is 0 Å². The number of thiophene rings is 1. The molecule has 4 nitrogen and oxygen atoms in total. The Bertz CT molecular complexity index is 715. The van der Waals surface area contributed by atoms with E-state index in [1.165, 1.54) is 35.3 Å². The Labute approximate surface area is 127 Å². The first-order valence-electron chi connectivity index (χ1n) is 7.04. The van der Waals surface area contributed by atoms with Crippen LogP contribution in [0, 0.1) is 11.3 Å². The van der Waals surface area contributed by atoms with Crippen LogP contribution in [0.3, 0.4) is 0 Å². The summed E-state index contributed by atoms with van der Waals surface area (Å²) in [6, 6.07) is 5.91. The van der Waals surface area contributed by atoms with Crippen LogP contribution in [0.15, 0.2) is 29.9 Å². The molecule has 0 unspecified atom stereocenters.